The van der Waals surface area contributed by atoms with Crippen LogP contribution in [0.5, 0.6) is 0 Å². The highest BCUT2D eigenvalue weighted by atomic mass is 19.2. The van der Waals surface area contributed by atoms with Gasteiger partial charge in [0.1, 0.15) is 11.3 Å². The molecule has 0 aliphatic heterocycles. The number of aliphatic hydroxyl groups excluding tert-OH is 1. The maximum Gasteiger partial charge on any atom is 0.341 e. The molecule has 0 aromatic heterocycles. The molecule has 1 fully saturated rings. The summed E-state index contributed by atoms with van der Waals surface area (Å²) in [6.45, 7) is 0. The molecule has 1 aliphatic rings. The normalized spacial score (nSPS) is 15.6. The second-order valence-electron chi connectivity index (χ2n) is 5.45. The number of hydrogen-bond donors (Lipinski definition) is 2. The minimum Gasteiger partial charge on any atom is -0.506 e. The van der Waals surface area contributed by atoms with Crippen molar-refractivity contribution in [1.82, 2.24) is 0 Å². The van der Waals surface area contributed by atoms with E-state index in [4.69, 9.17) is 5.11 Å². The monoisotopic (exact) mass is 346 g/mol. The third-order valence-electron chi connectivity index (χ3n) is 3.37. The van der Waals surface area contributed by atoms with Gasteiger partial charge in [-0.3, -0.25) is 4.99 Å². The molecule has 24 heavy (non-hydrogen) atoms. The molecule has 0 bridgehead atoms. The van der Waals surface area contributed by atoms with E-state index in [1.165, 1.54) is 14.1 Å². The van der Waals surface area contributed by atoms with Gasteiger partial charge >= 0.3 is 5.97 Å². The average Bonchev–Trinajstić information content (AvgIpc) is 3.31. The number of aliphatic hydroxyl groups is 1. The summed E-state index contributed by atoms with van der Waals surface area (Å²) in [6.07, 6.45) is 2.27. The molecule has 1 saturated carbocycles. The van der Waals surface area contributed by atoms with Crippen LogP contribution in [0.2, 0.25) is 0 Å². The Hall–Kier alpha value is -2.58. The van der Waals surface area contributed by atoms with Gasteiger partial charge in [-0.15, -0.1) is 0 Å². The molecular weight excluding hydrogens is 332 g/mol. The first-order valence-corrected chi connectivity index (χ1v) is 6.90. The van der Waals surface area contributed by atoms with Crippen molar-refractivity contribution in [1.29, 1.82) is 0 Å². The smallest absolute Gasteiger partial charge is 0.341 e. The average molecular weight is 346 g/mol. The molecule has 1 aliphatic carbocycles. The van der Waals surface area contributed by atoms with E-state index in [1.54, 1.807) is 0 Å². The molecule has 2 rings (SSSR count). The van der Waals surface area contributed by atoms with E-state index in [2.05, 4.69) is 4.99 Å². The van der Waals surface area contributed by atoms with Crippen molar-refractivity contribution >= 4 is 23.6 Å². The molecule has 0 spiro atoms. The lowest BCUT2D eigenvalue weighted by molar-refractivity contribution is -0.132. The van der Waals surface area contributed by atoms with Crippen LogP contribution in [0.1, 0.15) is 18.4 Å². The van der Waals surface area contributed by atoms with Gasteiger partial charge in [-0.05, 0) is 12.8 Å². The predicted molar refractivity (Wildman–Crippen MR) is 79.3 cm³/mol. The quantitative estimate of drug-likeness (QED) is 0.215. The molecule has 0 saturated heterocycles. The number of hydrogen-bond acceptors (Lipinski definition) is 4. The summed E-state index contributed by atoms with van der Waals surface area (Å²) in [5, 5.41) is 19.3. The van der Waals surface area contributed by atoms with E-state index in [1.807, 2.05) is 0 Å². The van der Waals surface area contributed by atoms with Crippen molar-refractivity contribution in [2.75, 3.05) is 19.0 Å². The van der Waals surface area contributed by atoms with Gasteiger partial charge in [-0.1, -0.05) is 0 Å². The molecule has 9 heteroatoms. The van der Waals surface area contributed by atoms with Crippen LogP contribution in [-0.4, -0.2) is 42.5 Å². The molecule has 1 aromatic rings. The van der Waals surface area contributed by atoms with Crippen LogP contribution >= 0.6 is 0 Å². The number of halogens is 4. The molecule has 0 amide bonds. The Morgan fingerprint density at radius 2 is 1.62 bits per heavy atom. The SMILES string of the molecule is CN(C)c1c(F)c(F)c(F)c(F)c1/C(O)=C(/C=NC1CC1)C(=O)O. The molecular formula is C15H14F4N2O3. The highest BCUT2D eigenvalue weighted by Crippen LogP contribution is 2.35. The van der Waals surface area contributed by atoms with Gasteiger partial charge in [0.2, 0.25) is 0 Å². The van der Waals surface area contributed by atoms with Crippen molar-refractivity contribution < 1.29 is 32.6 Å². The molecule has 130 valence electrons. The zero-order valence-electron chi connectivity index (χ0n) is 12.8. The first-order chi connectivity index (χ1) is 11.2. The molecule has 1 aromatic carbocycles. The van der Waals surface area contributed by atoms with Crippen LogP contribution in [0.25, 0.3) is 5.76 Å². The van der Waals surface area contributed by atoms with E-state index < -0.39 is 51.8 Å². The van der Waals surface area contributed by atoms with E-state index in [0.29, 0.717) is 0 Å². The first kappa shape index (κ1) is 17.8. The second-order valence-corrected chi connectivity index (χ2v) is 5.45. The van der Waals surface area contributed by atoms with Crippen LogP contribution in [0, 0.1) is 23.3 Å². The van der Waals surface area contributed by atoms with E-state index in [9.17, 15) is 27.5 Å². The molecule has 2 N–H and O–H groups in total. The maximum absolute atomic E-state index is 14.1. The van der Waals surface area contributed by atoms with Crippen LogP contribution in [0.4, 0.5) is 23.2 Å². The fourth-order valence-electron chi connectivity index (χ4n) is 2.01. The number of carboxylic acid groups (broad SMARTS) is 1. The molecule has 0 unspecified atom stereocenters. The maximum atomic E-state index is 14.1. The second kappa shape index (κ2) is 6.50. The van der Waals surface area contributed by atoms with Crippen molar-refractivity contribution in [2.45, 2.75) is 18.9 Å². The van der Waals surface area contributed by atoms with Gasteiger partial charge in [0.05, 0.1) is 17.3 Å². The van der Waals surface area contributed by atoms with Gasteiger partial charge < -0.3 is 15.1 Å². The lowest BCUT2D eigenvalue weighted by Crippen LogP contribution is -2.18. The Bertz CT molecular complexity index is 756. The van der Waals surface area contributed by atoms with Crippen LogP contribution in [0.15, 0.2) is 10.6 Å². The summed E-state index contributed by atoms with van der Waals surface area (Å²) >= 11 is 0. The van der Waals surface area contributed by atoms with Crippen LogP contribution in [0.3, 0.4) is 0 Å². The molecule has 0 atom stereocenters. The Morgan fingerprint density at radius 1 is 1.08 bits per heavy atom. The van der Waals surface area contributed by atoms with Gasteiger partial charge in [0, 0.05) is 20.3 Å². The van der Waals surface area contributed by atoms with Crippen LogP contribution in [-0.2, 0) is 4.79 Å². The van der Waals surface area contributed by atoms with Crippen molar-refractivity contribution in [3.63, 3.8) is 0 Å². The number of aliphatic imine (C=N–C) groups is 1. The van der Waals surface area contributed by atoms with Crippen molar-refractivity contribution in [3.05, 3.63) is 34.4 Å². The fraction of sp³-hybridized carbons (Fsp3) is 0.333. The fourth-order valence-corrected chi connectivity index (χ4v) is 2.01. The standard InChI is InChI=1S/C15H14F4N2O3/c1-21(2)13-8(9(16)10(17)11(18)12(13)19)14(22)7(15(23)24)5-20-6-3-4-6/h5-6,22H,3-4H2,1-2H3,(H,23,24)/b14-7+,20-5?. The van der Waals surface area contributed by atoms with Crippen LogP contribution < -0.4 is 4.90 Å². The largest absolute Gasteiger partial charge is 0.506 e. The summed E-state index contributed by atoms with van der Waals surface area (Å²) in [4.78, 5) is 16.0. The highest BCUT2D eigenvalue weighted by Gasteiger charge is 2.31. The number of rotatable bonds is 5. The van der Waals surface area contributed by atoms with E-state index in [0.717, 1.165) is 24.0 Å². The van der Waals surface area contributed by atoms with Gasteiger partial charge in [0.25, 0.3) is 0 Å². The predicted octanol–water partition coefficient (Wildman–Crippen LogP) is 2.90. The van der Waals surface area contributed by atoms with E-state index in [-0.39, 0.29) is 6.04 Å². The minimum atomic E-state index is -2.15. The summed E-state index contributed by atoms with van der Waals surface area (Å²) in [6, 6.07) is -0.105. The summed E-state index contributed by atoms with van der Waals surface area (Å²) in [5.41, 5.74) is -2.76. The van der Waals surface area contributed by atoms with E-state index >= 15 is 0 Å². The summed E-state index contributed by atoms with van der Waals surface area (Å²) in [5.74, 6) is -10.8. The topological polar surface area (TPSA) is 73.1 Å². The Labute approximate surface area is 134 Å². The zero-order chi connectivity index (χ0) is 18.2. The number of carbonyl (C=O) groups is 1. The third-order valence-corrected chi connectivity index (χ3v) is 3.37. The highest BCUT2D eigenvalue weighted by molar-refractivity contribution is 6.14. The Morgan fingerprint density at radius 3 is 2.08 bits per heavy atom. The number of aliphatic carboxylic acids is 1. The first-order valence-electron chi connectivity index (χ1n) is 6.90. The molecule has 0 heterocycles. The lowest BCUT2D eigenvalue weighted by atomic mass is 10.0. The third kappa shape index (κ3) is 3.19. The molecule has 5 nitrogen and oxygen atoms in total. The Kier molecular flexibility index (Phi) is 4.81. The van der Waals surface area contributed by atoms with Crippen molar-refractivity contribution in [3.8, 4) is 0 Å². The summed E-state index contributed by atoms with van der Waals surface area (Å²) < 4.78 is 55.0. The minimum absolute atomic E-state index is 0.105. The zero-order valence-corrected chi connectivity index (χ0v) is 12.8. The molecule has 0 radical (unpaired) electrons. The Balaban J connectivity index is 2.76. The number of carboxylic acids is 1. The summed E-state index contributed by atoms with van der Waals surface area (Å²) in [7, 11) is 2.40. The van der Waals surface area contributed by atoms with Crippen molar-refractivity contribution in [2.24, 2.45) is 4.99 Å². The van der Waals surface area contributed by atoms with Gasteiger partial charge in [0.15, 0.2) is 23.3 Å². The number of anilines is 1. The van der Waals surface area contributed by atoms with Gasteiger partial charge in [-0.2, -0.15) is 0 Å². The lowest BCUT2D eigenvalue weighted by Gasteiger charge is -2.20. The van der Waals surface area contributed by atoms with Gasteiger partial charge in [-0.25, -0.2) is 22.4 Å². The number of nitrogens with zero attached hydrogens (tertiary/aromatic N) is 2. The number of benzene rings is 1.